The summed E-state index contributed by atoms with van der Waals surface area (Å²) in [5, 5.41) is 0. The minimum Gasteiger partial charge on any atom is -1.00 e. The molecule has 0 atom stereocenters. The third-order valence-corrected chi connectivity index (χ3v) is 4.33. The molecule has 0 radical (unpaired) electrons. The van der Waals surface area contributed by atoms with Crippen molar-refractivity contribution in [2.45, 2.75) is 77.6 Å². The maximum Gasteiger partial charge on any atom is 1.00 e. The molecule has 0 aliphatic carbocycles. The molecule has 0 bridgehead atoms. The maximum absolute atomic E-state index is 2.28. The van der Waals surface area contributed by atoms with Gasteiger partial charge in [0.15, 0.2) is 0 Å². The fourth-order valence-electron chi connectivity index (χ4n) is 2.85. The fourth-order valence-corrected chi connectivity index (χ4v) is 2.85. The predicted octanol–water partition coefficient (Wildman–Crippen LogP) is 4.95. The van der Waals surface area contributed by atoms with Gasteiger partial charge in [0.05, 0.1) is 0 Å². The van der Waals surface area contributed by atoms with Crippen molar-refractivity contribution < 1.29 is 31.0 Å². The van der Waals surface area contributed by atoms with Gasteiger partial charge in [-0.1, -0.05) is 131 Å². The van der Waals surface area contributed by atoms with E-state index in [4.69, 9.17) is 0 Å². The van der Waals surface area contributed by atoms with Crippen molar-refractivity contribution >= 4 is 0 Å². The van der Waals surface area contributed by atoms with Crippen LogP contribution in [0, 0.1) is 0 Å². The minimum absolute atomic E-state index is 0. The van der Waals surface area contributed by atoms with Crippen molar-refractivity contribution in [3.8, 4) is 0 Å². The molecule has 0 aromatic heterocycles. The van der Waals surface area contributed by atoms with E-state index in [2.05, 4.69) is 37.3 Å². The van der Waals surface area contributed by atoms with Crippen LogP contribution in [0.2, 0.25) is 0 Å². The molecule has 2 aromatic rings. The normalized spacial score (nSPS) is 9.64. The molecule has 0 amide bonds. The zero-order valence-electron chi connectivity index (χ0n) is 17.6. The van der Waals surface area contributed by atoms with Crippen LogP contribution in [0.1, 0.15) is 78.1 Å². The smallest absolute Gasteiger partial charge is 1.00 e. The van der Waals surface area contributed by atoms with Crippen LogP contribution in [0.5, 0.6) is 0 Å². The molecular weight excluding hydrogens is 311 g/mol. The second-order valence-electron chi connectivity index (χ2n) is 6.57. The van der Waals surface area contributed by atoms with Crippen molar-refractivity contribution in [3.05, 3.63) is 72.3 Å². The quantitative estimate of drug-likeness (QED) is 0.398. The molecule has 0 heterocycles. The molecule has 0 unspecified atom stereocenters. The number of rotatable bonds is 11. The standard InChI is InChI=1S/C18H30.C6H6.Na.H/c1-2-3-4-5-6-7-8-9-10-12-15-18-16-13-11-14-17-18;1-2-4-6-5-3-1;;/h11,13-14,16-17H,2-10,12,15H2,1H3;1-6H;;/q;;+1;-1. The summed E-state index contributed by atoms with van der Waals surface area (Å²) in [6.45, 7) is 2.28. The Morgan fingerprint density at radius 3 is 1.32 bits per heavy atom. The van der Waals surface area contributed by atoms with Crippen molar-refractivity contribution in [1.82, 2.24) is 0 Å². The van der Waals surface area contributed by atoms with Crippen LogP contribution in [0.25, 0.3) is 0 Å². The number of hydrogen-bond donors (Lipinski definition) is 0. The zero-order chi connectivity index (χ0) is 17.1. The average molecular weight is 349 g/mol. The molecule has 2 aromatic carbocycles. The first-order valence-electron chi connectivity index (χ1n) is 9.97. The van der Waals surface area contributed by atoms with E-state index in [0.29, 0.717) is 0 Å². The Balaban J connectivity index is 0. The van der Waals surface area contributed by atoms with Gasteiger partial charge in [0.2, 0.25) is 0 Å². The van der Waals surface area contributed by atoms with Gasteiger partial charge in [-0.2, -0.15) is 0 Å². The Kier molecular flexibility index (Phi) is 19.3. The van der Waals surface area contributed by atoms with E-state index in [0.717, 1.165) is 0 Å². The second kappa shape index (κ2) is 19.8. The van der Waals surface area contributed by atoms with Gasteiger partial charge < -0.3 is 1.43 Å². The predicted molar refractivity (Wildman–Crippen MR) is 110 cm³/mol. The number of hydrogen-bond acceptors (Lipinski definition) is 0. The Morgan fingerprint density at radius 2 is 0.880 bits per heavy atom. The fraction of sp³-hybridized carbons (Fsp3) is 0.500. The van der Waals surface area contributed by atoms with Gasteiger partial charge in [-0.05, 0) is 18.4 Å². The van der Waals surface area contributed by atoms with E-state index < -0.39 is 0 Å². The number of benzene rings is 2. The summed E-state index contributed by atoms with van der Waals surface area (Å²) < 4.78 is 0. The molecule has 1 heteroatoms. The summed E-state index contributed by atoms with van der Waals surface area (Å²) in [5.41, 5.74) is 1.50. The minimum atomic E-state index is 0. The summed E-state index contributed by atoms with van der Waals surface area (Å²) in [6.07, 6.45) is 15.5. The van der Waals surface area contributed by atoms with Crippen LogP contribution in [0.15, 0.2) is 66.7 Å². The van der Waals surface area contributed by atoms with Crippen molar-refractivity contribution in [2.24, 2.45) is 0 Å². The van der Waals surface area contributed by atoms with Crippen molar-refractivity contribution in [3.63, 3.8) is 0 Å². The Morgan fingerprint density at radius 1 is 0.520 bits per heavy atom. The molecule has 0 aliphatic heterocycles. The average Bonchev–Trinajstić information content (AvgIpc) is 2.66. The molecule has 0 fully saturated rings. The monoisotopic (exact) mass is 348 g/mol. The van der Waals surface area contributed by atoms with Gasteiger partial charge in [-0.15, -0.1) is 0 Å². The van der Waals surface area contributed by atoms with E-state index in [1.54, 1.807) is 0 Å². The Labute approximate surface area is 180 Å². The van der Waals surface area contributed by atoms with Crippen LogP contribution >= 0.6 is 0 Å². The summed E-state index contributed by atoms with van der Waals surface area (Å²) in [7, 11) is 0. The largest absolute Gasteiger partial charge is 1.00 e. The SMILES string of the molecule is CCCCCCCCCCCCc1ccccc1.[H-].[Na+].c1ccccc1. The third-order valence-electron chi connectivity index (χ3n) is 4.33. The van der Waals surface area contributed by atoms with Gasteiger partial charge in [0.25, 0.3) is 0 Å². The van der Waals surface area contributed by atoms with Gasteiger partial charge in [-0.3, -0.25) is 0 Å². The molecule has 0 aliphatic rings. The van der Waals surface area contributed by atoms with Crippen LogP contribution in [0.4, 0.5) is 0 Å². The van der Waals surface area contributed by atoms with Crippen LogP contribution in [-0.2, 0) is 6.42 Å². The van der Waals surface area contributed by atoms with Gasteiger partial charge in [0.1, 0.15) is 0 Å². The summed E-state index contributed by atoms with van der Waals surface area (Å²) in [6, 6.07) is 22.9. The molecule has 2 rings (SSSR count). The molecule has 0 spiro atoms. The van der Waals surface area contributed by atoms with E-state index >= 15 is 0 Å². The molecule has 0 nitrogen and oxygen atoms in total. The zero-order valence-corrected chi connectivity index (χ0v) is 18.6. The first-order chi connectivity index (χ1) is 11.9. The van der Waals surface area contributed by atoms with Gasteiger partial charge in [0, 0.05) is 0 Å². The number of unbranched alkanes of at least 4 members (excludes halogenated alkanes) is 9. The van der Waals surface area contributed by atoms with Crippen LogP contribution in [0.3, 0.4) is 0 Å². The molecular formula is C24H37Na. The van der Waals surface area contributed by atoms with Crippen LogP contribution < -0.4 is 29.6 Å². The second-order valence-corrected chi connectivity index (χ2v) is 6.57. The summed E-state index contributed by atoms with van der Waals surface area (Å²) >= 11 is 0. The molecule has 0 saturated carbocycles. The van der Waals surface area contributed by atoms with E-state index in [1.165, 1.54) is 76.2 Å². The summed E-state index contributed by atoms with van der Waals surface area (Å²) in [5.74, 6) is 0. The molecule has 0 saturated heterocycles. The first-order valence-corrected chi connectivity index (χ1v) is 9.97. The van der Waals surface area contributed by atoms with Crippen molar-refractivity contribution in [1.29, 1.82) is 0 Å². The van der Waals surface area contributed by atoms with E-state index in [1.807, 2.05) is 36.4 Å². The maximum atomic E-state index is 2.28. The first kappa shape index (κ1) is 24.4. The van der Waals surface area contributed by atoms with Crippen molar-refractivity contribution in [2.75, 3.05) is 0 Å². The Bertz CT molecular complexity index is 431. The summed E-state index contributed by atoms with van der Waals surface area (Å²) in [4.78, 5) is 0. The van der Waals surface area contributed by atoms with Crippen LogP contribution in [-0.4, -0.2) is 0 Å². The van der Waals surface area contributed by atoms with E-state index in [9.17, 15) is 0 Å². The molecule has 134 valence electrons. The topological polar surface area (TPSA) is 0 Å². The molecule has 25 heavy (non-hydrogen) atoms. The van der Waals surface area contributed by atoms with Gasteiger partial charge in [-0.25, -0.2) is 0 Å². The molecule has 0 N–H and O–H groups in total. The number of aryl methyl sites for hydroxylation is 1. The van der Waals surface area contributed by atoms with E-state index in [-0.39, 0.29) is 31.0 Å². The third kappa shape index (κ3) is 16.6. The van der Waals surface area contributed by atoms with Gasteiger partial charge >= 0.3 is 29.6 Å². The Hall–Kier alpha value is -0.560.